The molecule has 3 atom stereocenters. The SMILES string of the molecule is CCC(C)(C)C(=O)Oc1ccc(OC(=O)C2CCC3CCCC3C2)c2ccccc12. The van der Waals surface area contributed by atoms with E-state index in [1.807, 2.05) is 45.0 Å². The van der Waals surface area contributed by atoms with E-state index in [0.717, 1.165) is 36.0 Å². The summed E-state index contributed by atoms with van der Waals surface area (Å²) in [6.45, 7) is 5.74. The maximum absolute atomic E-state index is 12.9. The van der Waals surface area contributed by atoms with Gasteiger partial charge in [-0.2, -0.15) is 0 Å². The first-order valence-electron chi connectivity index (χ1n) is 11.3. The van der Waals surface area contributed by atoms with Crippen LogP contribution in [0, 0.1) is 23.2 Å². The third-order valence-electron chi connectivity index (χ3n) is 7.32. The molecule has 0 aromatic heterocycles. The van der Waals surface area contributed by atoms with Crippen molar-refractivity contribution in [2.24, 2.45) is 23.2 Å². The van der Waals surface area contributed by atoms with Crippen molar-refractivity contribution in [1.82, 2.24) is 0 Å². The molecule has 3 unspecified atom stereocenters. The average Bonchev–Trinajstić information content (AvgIpc) is 3.23. The molecule has 0 aliphatic heterocycles. The fourth-order valence-electron chi connectivity index (χ4n) is 4.91. The Morgan fingerprint density at radius 3 is 2.20 bits per heavy atom. The summed E-state index contributed by atoms with van der Waals surface area (Å²) in [6.07, 6.45) is 7.62. The molecule has 30 heavy (non-hydrogen) atoms. The van der Waals surface area contributed by atoms with E-state index in [-0.39, 0.29) is 17.9 Å². The molecule has 2 saturated carbocycles. The summed E-state index contributed by atoms with van der Waals surface area (Å²) in [6, 6.07) is 11.1. The second-order valence-corrected chi connectivity index (χ2v) is 9.62. The number of carbonyl (C=O) groups is 2. The first-order chi connectivity index (χ1) is 14.4. The van der Waals surface area contributed by atoms with Crippen molar-refractivity contribution in [3.8, 4) is 11.5 Å². The summed E-state index contributed by atoms with van der Waals surface area (Å²) in [4.78, 5) is 25.5. The van der Waals surface area contributed by atoms with Gasteiger partial charge < -0.3 is 9.47 Å². The van der Waals surface area contributed by atoms with Gasteiger partial charge in [0.05, 0.1) is 11.3 Å². The molecular formula is C26H32O4. The van der Waals surface area contributed by atoms with Gasteiger partial charge in [-0.1, -0.05) is 50.5 Å². The van der Waals surface area contributed by atoms with Gasteiger partial charge in [0.2, 0.25) is 0 Å². The highest BCUT2D eigenvalue weighted by Gasteiger charge is 2.37. The summed E-state index contributed by atoms with van der Waals surface area (Å²) in [5.74, 6) is 2.16. The Kier molecular flexibility index (Phi) is 5.86. The minimum atomic E-state index is -0.550. The van der Waals surface area contributed by atoms with Gasteiger partial charge in [-0.25, -0.2) is 0 Å². The maximum atomic E-state index is 12.9. The van der Waals surface area contributed by atoms with Gasteiger partial charge in [-0.05, 0) is 63.5 Å². The van der Waals surface area contributed by atoms with Gasteiger partial charge in [0, 0.05) is 10.8 Å². The normalized spacial score (nSPS) is 23.8. The van der Waals surface area contributed by atoms with Gasteiger partial charge in [-0.15, -0.1) is 0 Å². The van der Waals surface area contributed by atoms with E-state index in [9.17, 15) is 9.59 Å². The van der Waals surface area contributed by atoms with Crippen molar-refractivity contribution in [3.05, 3.63) is 36.4 Å². The highest BCUT2D eigenvalue weighted by Crippen LogP contribution is 2.45. The smallest absolute Gasteiger partial charge is 0.316 e. The van der Waals surface area contributed by atoms with Crippen LogP contribution in [0.25, 0.3) is 10.8 Å². The van der Waals surface area contributed by atoms with Crippen LogP contribution in [0.4, 0.5) is 0 Å². The second-order valence-electron chi connectivity index (χ2n) is 9.62. The van der Waals surface area contributed by atoms with Crippen LogP contribution in [0.3, 0.4) is 0 Å². The molecule has 2 aliphatic carbocycles. The monoisotopic (exact) mass is 408 g/mol. The molecule has 2 aromatic carbocycles. The number of rotatable bonds is 5. The highest BCUT2D eigenvalue weighted by molar-refractivity contribution is 5.96. The number of carbonyl (C=O) groups excluding carboxylic acids is 2. The lowest BCUT2D eigenvalue weighted by atomic mass is 9.76. The summed E-state index contributed by atoms with van der Waals surface area (Å²) >= 11 is 0. The van der Waals surface area contributed by atoms with E-state index in [1.165, 1.54) is 19.3 Å². The van der Waals surface area contributed by atoms with Gasteiger partial charge in [-0.3, -0.25) is 9.59 Å². The number of hydrogen-bond donors (Lipinski definition) is 0. The lowest BCUT2D eigenvalue weighted by molar-refractivity contribution is -0.144. The van der Waals surface area contributed by atoms with Crippen LogP contribution in [0.15, 0.2) is 36.4 Å². The van der Waals surface area contributed by atoms with Crippen molar-refractivity contribution >= 4 is 22.7 Å². The first kappa shape index (κ1) is 20.9. The van der Waals surface area contributed by atoms with Crippen LogP contribution in [0.2, 0.25) is 0 Å². The number of esters is 2. The minimum Gasteiger partial charge on any atom is -0.426 e. The molecule has 0 N–H and O–H groups in total. The van der Waals surface area contributed by atoms with E-state index < -0.39 is 5.41 Å². The highest BCUT2D eigenvalue weighted by atomic mass is 16.5. The molecule has 2 aliphatic rings. The molecule has 4 heteroatoms. The lowest BCUT2D eigenvalue weighted by Crippen LogP contribution is -2.29. The Balaban J connectivity index is 1.54. The Bertz CT molecular complexity index is 945. The first-order valence-corrected chi connectivity index (χ1v) is 11.3. The number of benzene rings is 2. The quantitative estimate of drug-likeness (QED) is 0.430. The molecular weight excluding hydrogens is 376 g/mol. The zero-order valence-electron chi connectivity index (χ0n) is 18.3. The molecule has 160 valence electrons. The standard InChI is InChI=1S/C26H32O4/c1-4-26(2,3)25(28)30-23-15-14-22(20-10-5-6-11-21(20)23)29-24(27)19-13-12-17-8-7-9-18(17)16-19/h5-6,10-11,14-15,17-19H,4,7-9,12-13,16H2,1-3H3. The molecule has 0 saturated heterocycles. The van der Waals surface area contributed by atoms with Crippen LogP contribution in [0.1, 0.15) is 65.7 Å². The van der Waals surface area contributed by atoms with E-state index in [0.29, 0.717) is 23.8 Å². The van der Waals surface area contributed by atoms with E-state index in [2.05, 4.69) is 0 Å². The predicted octanol–water partition coefficient (Wildman–Crippen LogP) is 6.30. The van der Waals surface area contributed by atoms with Gasteiger partial charge in [0.25, 0.3) is 0 Å². The Hall–Kier alpha value is -2.36. The number of hydrogen-bond acceptors (Lipinski definition) is 4. The number of ether oxygens (including phenoxy) is 2. The number of fused-ring (bicyclic) bond motifs is 2. The van der Waals surface area contributed by atoms with Gasteiger partial charge >= 0.3 is 11.9 Å². The Morgan fingerprint density at radius 2 is 1.53 bits per heavy atom. The lowest BCUT2D eigenvalue weighted by Gasteiger charge is -2.30. The zero-order valence-corrected chi connectivity index (χ0v) is 18.3. The van der Waals surface area contributed by atoms with Crippen molar-refractivity contribution in [2.75, 3.05) is 0 Å². The summed E-state index contributed by atoms with van der Waals surface area (Å²) in [5.41, 5.74) is -0.550. The molecule has 0 bridgehead atoms. The molecule has 0 spiro atoms. The van der Waals surface area contributed by atoms with Crippen LogP contribution in [0.5, 0.6) is 11.5 Å². The maximum Gasteiger partial charge on any atom is 0.316 e. The van der Waals surface area contributed by atoms with Crippen LogP contribution in [-0.2, 0) is 9.59 Å². The zero-order chi connectivity index (χ0) is 21.3. The van der Waals surface area contributed by atoms with Gasteiger partial charge in [0.15, 0.2) is 0 Å². The van der Waals surface area contributed by atoms with E-state index >= 15 is 0 Å². The molecule has 0 amide bonds. The fraction of sp³-hybridized carbons (Fsp3) is 0.538. The van der Waals surface area contributed by atoms with Crippen molar-refractivity contribution in [1.29, 1.82) is 0 Å². The van der Waals surface area contributed by atoms with Crippen molar-refractivity contribution in [2.45, 2.75) is 65.7 Å². The average molecular weight is 409 g/mol. The molecule has 2 fully saturated rings. The molecule has 0 heterocycles. The summed E-state index contributed by atoms with van der Waals surface area (Å²) in [5, 5.41) is 1.57. The Morgan fingerprint density at radius 1 is 0.900 bits per heavy atom. The molecule has 4 rings (SSSR count). The summed E-state index contributed by atoms with van der Waals surface area (Å²) in [7, 11) is 0. The largest absolute Gasteiger partial charge is 0.426 e. The topological polar surface area (TPSA) is 52.6 Å². The fourth-order valence-corrected chi connectivity index (χ4v) is 4.91. The third-order valence-corrected chi connectivity index (χ3v) is 7.32. The van der Waals surface area contributed by atoms with Crippen LogP contribution >= 0.6 is 0 Å². The predicted molar refractivity (Wildman–Crippen MR) is 117 cm³/mol. The van der Waals surface area contributed by atoms with Crippen LogP contribution in [-0.4, -0.2) is 11.9 Å². The Labute approximate surface area is 178 Å². The summed E-state index contributed by atoms with van der Waals surface area (Å²) < 4.78 is 11.6. The molecule has 4 nitrogen and oxygen atoms in total. The van der Waals surface area contributed by atoms with Crippen molar-refractivity contribution < 1.29 is 19.1 Å². The third kappa shape index (κ3) is 4.10. The molecule has 2 aromatic rings. The van der Waals surface area contributed by atoms with E-state index in [4.69, 9.17) is 9.47 Å². The second kappa shape index (κ2) is 8.41. The van der Waals surface area contributed by atoms with Crippen LogP contribution < -0.4 is 9.47 Å². The molecule has 0 radical (unpaired) electrons. The van der Waals surface area contributed by atoms with E-state index in [1.54, 1.807) is 12.1 Å². The van der Waals surface area contributed by atoms with Crippen molar-refractivity contribution in [3.63, 3.8) is 0 Å². The van der Waals surface area contributed by atoms with Gasteiger partial charge in [0.1, 0.15) is 11.5 Å². The minimum absolute atomic E-state index is 0.00836.